The highest BCUT2D eigenvalue weighted by atomic mass is 16.5. The summed E-state index contributed by atoms with van der Waals surface area (Å²) >= 11 is 0. The molecule has 0 aromatic heterocycles. The molecule has 0 bridgehead atoms. The summed E-state index contributed by atoms with van der Waals surface area (Å²) in [5.41, 5.74) is 4.65. The summed E-state index contributed by atoms with van der Waals surface area (Å²) in [6.07, 6.45) is 1.56. The summed E-state index contributed by atoms with van der Waals surface area (Å²) in [6.45, 7) is 3.53. The standard InChI is InChI=1S/C34H35N3O5/c1-22-16-28(18-32(40)36-20-25-7-3-2-6-24(25)17-27(36)21-38)42-34(22)29-8-4-5-9-30(29)37(33(34)41)19-23-10-12-26(13-11-23)35-15-14-31(35)39/h2-13,22,27-28,38H,14-21H2,1H3/t22-,27+,28-,34+/m1/s1. The van der Waals surface area contributed by atoms with Crippen molar-refractivity contribution in [3.8, 4) is 0 Å². The maximum absolute atomic E-state index is 14.3. The molecule has 2 saturated heterocycles. The van der Waals surface area contributed by atoms with Gasteiger partial charge in [-0.15, -0.1) is 0 Å². The third-order valence-electron chi connectivity index (χ3n) is 9.55. The van der Waals surface area contributed by atoms with Gasteiger partial charge in [0.15, 0.2) is 5.60 Å². The summed E-state index contributed by atoms with van der Waals surface area (Å²) in [4.78, 5) is 45.0. The lowest BCUT2D eigenvalue weighted by molar-refractivity contribution is -0.151. The van der Waals surface area contributed by atoms with Gasteiger partial charge in [0.25, 0.3) is 5.91 Å². The van der Waals surface area contributed by atoms with Crippen molar-refractivity contribution in [1.29, 1.82) is 0 Å². The Morgan fingerprint density at radius 2 is 1.74 bits per heavy atom. The van der Waals surface area contributed by atoms with Crippen molar-refractivity contribution in [2.75, 3.05) is 23.0 Å². The Kier molecular flexibility index (Phi) is 6.63. The van der Waals surface area contributed by atoms with Gasteiger partial charge < -0.3 is 24.5 Å². The topological polar surface area (TPSA) is 90.4 Å². The quantitative estimate of drug-likeness (QED) is 0.458. The average Bonchev–Trinajstić information content (AvgIpc) is 3.45. The van der Waals surface area contributed by atoms with Crippen molar-refractivity contribution in [3.05, 3.63) is 95.1 Å². The number of hydrogen-bond donors (Lipinski definition) is 1. The third-order valence-corrected chi connectivity index (χ3v) is 9.55. The number of amides is 3. The fraction of sp³-hybridized carbons (Fsp3) is 0.382. The number of carbonyl (C=O) groups excluding carboxylic acids is 3. The van der Waals surface area contributed by atoms with Crippen molar-refractivity contribution in [1.82, 2.24) is 4.90 Å². The molecule has 1 N–H and O–H groups in total. The summed E-state index contributed by atoms with van der Waals surface area (Å²) in [7, 11) is 0. The van der Waals surface area contributed by atoms with E-state index in [0.29, 0.717) is 32.4 Å². The number of nitrogens with zero attached hydrogens (tertiary/aromatic N) is 3. The van der Waals surface area contributed by atoms with Crippen LogP contribution in [0.1, 0.15) is 48.4 Å². The number of fused-ring (bicyclic) bond motifs is 3. The molecule has 7 rings (SSSR count). The third kappa shape index (κ3) is 4.24. The van der Waals surface area contributed by atoms with Crippen LogP contribution >= 0.6 is 0 Å². The number of hydrogen-bond acceptors (Lipinski definition) is 5. The fourth-order valence-corrected chi connectivity index (χ4v) is 7.21. The number of aliphatic hydroxyl groups is 1. The van der Waals surface area contributed by atoms with Gasteiger partial charge in [-0.05, 0) is 47.7 Å². The molecule has 0 unspecified atom stereocenters. The predicted molar refractivity (Wildman–Crippen MR) is 158 cm³/mol. The van der Waals surface area contributed by atoms with Crippen LogP contribution in [0.25, 0.3) is 0 Å². The van der Waals surface area contributed by atoms with E-state index in [4.69, 9.17) is 4.74 Å². The first-order valence-electron chi connectivity index (χ1n) is 14.8. The zero-order valence-corrected chi connectivity index (χ0v) is 23.7. The van der Waals surface area contributed by atoms with Gasteiger partial charge in [0.05, 0.1) is 37.4 Å². The fourth-order valence-electron chi connectivity index (χ4n) is 7.21. The smallest absolute Gasteiger partial charge is 0.264 e. The van der Waals surface area contributed by atoms with Gasteiger partial charge in [-0.1, -0.05) is 61.5 Å². The minimum absolute atomic E-state index is 0.0610. The van der Waals surface area contributed by atoms with Gasteiger partial charge in [-0.3, -0.25) is 14.4 Å². The molecule has 4 aliphatic heterocycles. The van der Waals surface area contributed by atoms with Gasteiger partial charge in [-0.2, -0.15) is 0 Å². The van der Waals surface area contributed by atoms with E-state index in [1.165, 1.54) is 5.56 Å². The van der Waals surface area contributed by atoms with Crippen LogP contribution < -0.4 is 9.80 Å². The van der Waals surface area contributed by atoms with Crippen LogP contribution in [0.5, 0.6) is 0 Å². The predicted octanol–water partition coefficient (Wildman–Crippen LogP) is 3.93. The number of carbonyl (C=O) groups is 3. The summed E-state index contributed by atoms with van der Waals surface area (Å²) in [5, 5.41) is 10.1. The Morgan fingerprint density at radius 3 is 2.45 bits per heavy atom. The molecule has 4 heterocycles. The molecule has 0 aliphatic carbocycles. The van der Waals surface area contributed by atoms with Crippen LogP contribution in [0.4, 0.5) is 11.4 Å². The first-order chi connectivity index (χ1) is 20.4. The largest absolute Gasteiger partial charge is 0.394 e. The molecule has 0 radical (unpaired) electrons. The molecular formula is C34H35N3O5. The molecule has 8 nitrogen and oxygen atoms in total. The summed E-state index contributed by atoms with van der Waals surface area (Å²) in [5.74, 6) is -0.155. The number of benzene rings is 3. The Balaban J connectivity index is 1.10. The zero-order valence-electron chi connectivity index (χ0n) is 23.7. The molecule has 3 aromatic carbocycles. The van der Waals surface area contributed by atoms with E-state index in [-0.39, 0.29) is 42.7 Å². The van der Waals surface area contributed by atoms with E-state index in [1.807, 2.05) is 73.7 Å². The SMILES string of the molecule is C[C@@H]1C[C@H](CC(=O)N2Cc3ccccc3C[C@H]2CO)O[C@@]12C(=O)N(Cc1ccc(N3CCC3=O)cc1)c1ccccc12. The van der Waals surface area contributed by atoms with E-state index in [2.05, 4.69) is 6.07 Å². The zero-order chi connectivity index (χ0) is 29.0. The van der Waals surface area contributed by atoms with E-state index >= 15 is 0 Å². The maximum Gasteiger partial charge on any atom is 0.264 e. The van der Waals surface area contributed by atoms with Gasteiger partial charge in [0.2, 0.25) is 11.8 Å². The number of anilines is 2. The Morgan fingerprint density at radius 1 is 1.00 bits per heavy atom. The van der Waals surface area contributed by atoms with Crippen molar-refractivity contribution in [2.45, 2.75) is 63.4 Å². The van der Waals surface area contributed by atoms with Crippen molar-refractivity contribution < 1.29 is 24.2 Å². The van der Waals surface area contributed by atoms with E-state index in [9.17, 15) is 19.5 Å². The molecule has 3 aromatic rings. The van der Waals surface area contributed by atoms with E-state index in [1.54, 1.807) is 14.7 Å². The highest BCUT2D eigenvalue weighted by molar-refractivity contribution is 6.07. The number of aliphatic hydroxyl groups excluding tert-OH is 1. The van der Waals surface area contributed by atoms with E-state index in [0.717, 1.165) is 34.6 Å². The van der Waals surface area contributed by atoms with Crippen LogP contribution in [0, 0.1) is 5.92 Å². The second-order valence-electron chi connectivity index (χ2n) is 12.0. The molecule has 1 spiro atoms. The summed E-state index contributed by atoms with van der Waals surface area (Å²) in [6, 6.07) is 23.4. The van der Waals surface area contributed by atoms with Gasteiger partial charge in [0.1, 0.15) is 0 Å². The van der Waals surface area contributed by atoms with Crippen molar-refractivity contribution >= 4 is 29.1 Å². The van der Waals surface area contributed by atoms with Crippen LogP contribution in [-0.4, -0.2) is 53.0 Å². The molecule has 0 saturated carbocycles. The van der Waals surface area contributed by atoms with Crippen LogP contribution in [0.3, 0.4) is 0 Å². The number of rotatable bonds is 6. The first-order valence-corrected chi connectivity index (χ1v) is 14.8. The van der Waals surface area contributed by atoms with E-state index < -0.39 is 11.7 Å². The van der Waals surface area contributed by atoms with Gasteiger partial charge >= 0.3 is 0 Å². The second-order valence-corrected chi connectivity index (χ2v) is 12.0. The van der Waals surface area contributed by atoms with Gasteiger partial charge in [-0.25, -0.2) is 0 Å². The highest BCUT2D eigenvalue weighted by Crippen LogP contribution is 2.53. The molecular weight excluding hydrogens is 530 g/mol. The molecule has 4 atom stereocenters. The van der Waals surface area contributed by atoms with Crippen molar-refractivity contribution in [3.63, 3.8) is 0 Å². The van der Waals surface area contributed by atoms with Crippen LogP contribution in [0.15, 0.2) is 72.8 Å². The summed E-state index contributed by atoms with van der Waals surface area (Å²) < 4.78 is 6.67. The highest BCUT2D eigenvalue weighted by Gasteiger charge is 2.60. The lowest BCUT2D eigenvalue weighted by atomic mass is 9.83. The van der Waals surface area contributed by atoms with Crippen LogP contribution in [-0.2, 0) is 44.2 Å². The number of para-hydroxylation sites is 1. The monoisotopic (exact) mass is 565 g/mol. The molecule has 2 fully saturated rings. The number of β-lactam (4-membered cyclic amide) rings is 1. The lowest BCUT2D eigenvalue weighted by Gasteiger charge is -2.36. The average molecular weight is 566 g/mol. The number of ether oxygens (including phenoxy) is 1. The Bertz CT molecular complexity index is 1550. The minimum atomic E-state index is -1.14. The van der Waals surface area contributed by atoms with Crippen molar-refractivity contribution in [2.24, 2.45) is 5.92 Å². The lowest BCUT2D eigenvalue weighted by Crippen LogP contribution is -2.47. The molecule has 4 aliphatic rings. The Hall–Kier alpha value is -4.01. The minimum Gasteiger partial charge on any atom is -0.394 e. The molecule has 8 heteroatoms. The first kappa shape index (κ1) is 26.9. The maximum atomic E-state index is 14.3. The van der Waals surface area contributed by atoms with Gasteiger partial charge in [0, 0.05) is 36.7 Å². The van der Waals surface area contributed by atoms with Crippen LogP contribution in [0.2, 0.25) is 0 Å². The Labute approximate surface area is 245 Å². The molecule has 216 valence electrons. The molecule has 42 heavy (non-hydrogen) atoms. The molecule has 3 amide bonds. The second kappa shape index (κ2) is 10.4. The normalized spacial score (nSPS) is 26.4.